The number of nitrogens with one attached hydrogen (secondary N) is 2. The molecule has 2 N–H and O–H groups in total. The second kappa shape index (κ2) is 5.31. The number of aromatic nitrogens is 2. The van der Waals surface area contributed by atoms with E-state index in [9.17, 15) is 13.2 Å². The third-order valence-corrected chi connectivity index (χ3v) is 4.53. The van der Waals surface area contributed by atoms with E-state index in [1.807, 2.05) is 0 Å². The van der Waals surface area contributed by atoms with Gasteiger partial charge in [-0.1, -0.05) is 11.3 Å². The molecule has 0 aliphatic rings. The molecule has 0 saturated carbocycles. The van der Waals surface area contributed by atoms with E-state index in [-0.39, 0.29) is 16.3 Å². The van der Waals surface area contributed by atoms with Crippen molar-refractivity contribution in [2.45, 2.75) is 11.4 Å². The van der Waals surface area contributed by atoms with E-state index in [2.05, 4.69) is 30.6 Å². The first-order chi connectivity index (χ1) is 8.47. The average molecular weight is 350 g/mol. The van der Waals surface area contributed by atoms with Crippen LogP contribution in [-0.4, -0.2) is 18.4 Å². The van der Waals surface area contributed by atoms with Crippen LogP contribution < -0.4 is 9.60 Å². The number of hydrogen-bond donors (Lipinski definition) is 2. The molecule has 9 heteroatoms. The van der Waals surface area contributed by atoms with E-state index >= 15 is 0 Å². The van der Waals surface area contributed by atoms with Gasteiger partial charge in [0.15, 0.2) is 0 Å². The summed E-state index contributed by atoms with van der Waals surface area (Å²) in [4.78, 5) is 17.1. The highest BCUT2D eigenvalue weighted by Crippen LogP contribution is 2.14. The van der Waals surface area contributed by atoms with Crippen molar-refractivity contribution in [1.29, 1.82) is 0 Å². The van der Waals surface area contributed by atoms with Crippen LogP contribution in [0.3, 0.4) is 0 Å². The number of hydrogen-bond acceptors (Lipinski definition) is 5. The minimum Gasteiger partial charge on any atom is -0.315 e. The molecule has 18 heavy (non-hydrogen) atoms. The zero-order valence-electron chi connectivity index (χ0n) is 8.88. The molecule has 0 aliphatic heterocycles. The van der Waals surface area contributed by atoms with Crippen molar-refractivity contribution < 1.29 is 8.42 Å². The van der Waals surface area contributed by atoms with Gasteiger partial charge >= 0.3 is 4.87 Å². The Balaban J connectivity index is 2.15. The number of thiazole rings is 1. The molecule has 2 rings (SSSR count). The van der Waals surface area contributed by atoms with Gasteiger partial charge < -0.3 is 4.98 Å². The summed E-state index contributed by atoms with van der Waals surface area (Å²) in [6, 6.07) is 1.45. The highest BCUT2D eigenvalue weighted by Gasteiger charge is 2.14. The molecule has 0 radical (unpaired) electrons. The quantitative estimate of drug-likeness (QED) is 0.863. The fraction of sp³-hybridized carbons (Fsp3) is 0.111. The molecule has 0 bridgehead atoms. The molecule has 6 nitrogen and oxygen atoms in total. The number of pyridine rings is 1. The molecular formula is C9H8BrN3O3S2. The fourth-order valence-corrected chi connectivity index (χ4v) is 3.29. The Kier molecular flexibility index (Phi) is 3.95. The van der Waals surface area contributed by atoms with Crippen LogP contribution in [0.4, 0.5) is 0 Å². The molecule has 0 amide bonds. The summed E-state index contributed by atoms with van der Waals surface area (Å²) < 4.78 is 26.8. The maximum absolute atomic E-state index is 11.9. The average Bonchev–Trinajstić information content (AvgIpc) is 2.73. The Morgan fingerprint density at radius 3 is 2.83 bits per heavy atom. The largest absolute Gasteiger partial charge is 0.315 e. The van der Waals surface area contributed by atoms with E-state index in [4.69, 9.17) is 0 Å². The van der Waals surface area contributed by atoms with Crippen LogP contribution in [0.2, 0.25) is 0 Å². The van der Waals surface area contributed by atoms with Gasteiger partial charge in [0.2, 0.25) is 10.0 Å². The lowest BCUT2D eigenvalue weighted by atomic mass is 10.5. The highest BCUT2D eigenvalue weighted by molar-refractivity contribution is 9.10. The monoisotopic (exact) mass is 349 g/mol. The molecule has 0 aromatic carbocycles. The van der Waals surface area contributed by atoms with Crippen LogP contribution in [-0.2, 0) is 16.6 Å². The maximum Gasteiger partial charge on any atom is 0.304 e. The molecule has 2 heterocycles. The predicted molar refractivity (Wildman–Crippen MR) is 70.9 cm³/mol. The van der Waals surface area contributed by atoms with Crippen molar-refractivity contribution in [3.05, 3.63) is 43.7 Å². The van der Waals surface area contributed by atoms with Crippen molar-refractivity contribution in [1.82, 2.24) is 14.7 Å². The van der Waals surface area contributed by atoms with Gasteiger partial charge in [-0.25, -0.2) is 13.1 Å². The number of nitrogens with zero attached hydrogens (tertiary/aromatic N) is 1. The Hall–Kier alpha value is -1.03. The highest BCUT2D eigenvalue weighted by atomic mass is 79.9. The predicted octanol–water partition coefficient (Wildman–Crippen LogP) is 1.07. The van der Waals surface area contributed by atoms with E-state index < -0.39 is 10.0 Å². The van der Waals surface area contributed by atoms with Gasteiger partial charge in [0.05, 0.1) is 6.54 Å². The summed E-state index contributed by atoms with van der Waals surface area (Å²) >= 11 is 4.14. The van der Waals surface area contributed by atoms with Gasteiger partial charge in [0, 0.05) is 27.9 Å². The molecule has 0 saturated heterocycles. The summed E-state index contributed by atoms with van der Waals surface area (Å²) in [6.45, 7) is 0.0353. The van der Waals surface area contributed by atoms with Crippen LogP contribution in [0.25, 0.3) is 0 Å². The normalized spacial score (nSPS) is 11.6. The minimum atomic E-state index is -3.63. The molecular weight excluding hydrogens is 342 g/mol. The van der Waals surface area contributed by atoms with E-state index in [1.54, 1.807) is 5.38 Å². The zero-order valence-corrected chi connectivity index (χ0v) is 12.1. The Morgan fingerprint density at radius 1 is 1.44 bits per heavy atom. The standard InChI is InChI=1S/C9H8BrN3O3S2/c10-6-1-8(4-11-2-6)18(15,16)12-3-7-5-17-9(14)13-7/h1-2,4-5,12H,3H2,(H,13,14). The molecule has 0 spiro atoms. The van der Waals surface area contributed by atoms with Crippen LogP contribution in [0, 0.1) is 0 Å². The number of aromatic amines is 1. The molecule has 0 unspecified atom stereocenters. The molecule has 0 aliphatic carbocycles. The van der Waals surface area contributed by atoms with Gasteiger partial charge in [-0.2, -0.15) is 0 Å². The summed E-state index contributed by atoms with van der Waals surface area (Å²) in [7, 11) is -3.63. The second-order valence-corrected chi connectivity index (χ2v) is 6.86. The van der Waals surface area contributed by atoms with Crippen molar-refractivity contribution in [2.24, 2.45) is 0 Å². The SMILES string of the molecule is O=c1[nH]c(CNS(=O)(=O)c2cncc(Br)c2)cs1. The van der Waals surface area contributed by atoms with Crippen molar-refractivity contribution in [3.63, 3.8) is 0 Å². The number of sulfonamides is 1. The molecule has 2 aromatic heterocycles. The van der Waals surface area contributed by atoms with Gasteiger partial charge in [0.25, 0.3) is 0 Å². The zero-order chi connectivity index (χ0) is 13.2. The lowest BCUT2D eigenvalue weighted by molar-refractivity contribution is 0.580. The van der Waals surface area contributed by atoms with Crippen LogP contribution in [0.5, 0.6) is 0 Å². The number of H-pyrrole nitrogens is 1. The van der Waals surface area contributed by atoms with Crippen molar-refractivity contribution >= 4 is 37.3 Å². The molecule has 2 aromatic rings. The summed E-state index contributed by atoms with van der Waals surface area (Å²) in [6.07, 6.45) is 2.75. The third-order valence-electron chi connectivity index (χ3n) is 2.01. The molecule has 0 atom stereocenters. The number of rotatable bonds is 4. The second-order valence-electron chi connectivity index (χ2n) is 3.34. The van der Waals surface area contributed by atoms with Crippen molar-refractivity contribution in [2.75, 3.05) is 0 Å². The van der Waals surface area contributed by atoms with Gasteiger partial charge in [-0.05, 0) is 22.0 Å². The Morgan fingerprint density at radius 2 is 2.22 bits per heavy atom. The van der Waals surface area contributed by atoms with E-state index in [1.165, 1.54) is 18.5 Å². The summed E-state index contributed by atoms with van der Waals surface area (Å²) in [5, 5.41) is 1.57. The first-order valence-corrected chi connectivity index (χ1v) is 7.90. The first kappa shape index (κ1) is 13.4. The van der Waals surface area contributed by atoms with Crippen LogP contribution in [0.1, 0.15) is 5.69 Å². The lowest BCUT2D eigenvalue weighted by Gasteiger charge is -2.05. The fourth-order valence-electron chi connectivity index (χ4n) is 1.20. The molecule has 0 fully saturated rings. The van der Waals surface area contributed by atoms with Crippen LogP contribution in [0.15, 0.2) is 38.0 Å². The lowest BCUT2D eigenvalue weighted by Crippen LogP contribution is -2.23. The van der Waals surface area contributed by atoms with Gasteiger partial charge in [-0.3, -0.25) is 9.78 Å². The van der Waals surface area contributed by atoms with Crippen molar-refractivity contribution in [3.8, 4) is 0 Å². The van der Waals surface area contributed by atoms with E-state index in [0.717, 1.165) is 11.3 Å². The van der Waals surface area contributed by atoms with Gasteiger partial charge in [-0.15, -0.1) is 0 Å². The molecule has 96 valence electrons. The third kappa shape index (κ3) is 3.25. The van der Waals surface area contributed by atoms with E-state index in [0.29, 0.717) is 10.2 Å². The van der Waals surface area contributed by atoms with Crippen LogP contribution >= 0.6 is 27.3 Å². The first-order valence-electron chi connectivity index (χ1n) is 4.74. The summed E-state index contributed by atoms with van der Waals surface area (Å²) in [5.41, 5.74) is 0.525. The maximum atomic E-state index is 11.9. The Labute approximate surface area is 115 Å². The Bertz CT molecular complexity index is 708. The topological polar surface area (TPSA) is 91.9 Å². The summed E-state index contributed by atoms with van der Waals surface area (Å²) in [5.74, 6) is 0. The minimum absolute atomic E-state index is 0.0353. The smallest absolute Gasteiger partial charge is 0.304 e. The number of halogens is 1. The van der Waals surface area contributed by atoms with Gasteiger partial charge in [0.1, 0.15) is 4.90 Å².